The molecule has 0 radical (unpaired) electrons. The summed E-state index contributed by atoms with van der Waals surface area (Å²) in [6, 6.07) is 11.1. The number of carbonyl (C=O) groups is 2. The largest absolute Gasteiger partial charge is 0.497 e. The number of nitrogens with one attached hydrogen (secondary N) is 1. The van der Waals surface area contributed by atoms with E-state index in [0.717, 1.165) is 25.7 Å². The molecule has 0 spiro atoms. The summed E-state index contributed by atoms with van der Waals surface area (Å²) in [6.45, 7) is 0.0414. The van der Waals surface area contributed by atoms with Crippen LogP contribution in [0.15, 0.2) is 47.4 Å². The fourth-order valence-corrected chi connectivity index (χ4v) is 5.75. The van der Waals surface area contributed by atoms with Crippen molar-refractivity contribution in [2.24, 2.45) is 11.8 Å². The number of fused-ring (bicyclic) bond motifs is 1. The van der Waals surface area contributed by atoms with Crippen molar-refractivity contribution in [3.8, 4) is 11.5 Å². The first-order valence-electron chi connectivity index (χ1n) is 10.5. The van der Waals surface area contributed by atoms with Gasteiger partial charge in [0.1, 0.15) is 16.4 Å². The predicted octanol–water partition coefficient (Wildman–Crippen LogP) is 3.18. The quantitative estimate of drug-likeness (QED) is 0.640. The van der Waals surface area contributed by atoms with Gasteiger partial charge in [0.25, 0.3) is 10.0 Å². The second-order valence-electron chi connectivity index (χ2n) is 8.08. The average Bonchev–Trinajstić information content (AvgIpc) is 3.04. The summed E-state index contributed by atoms with van der Waals surface area (Å²) >= 11 is 0. The molecule has 0 unspecified atom stereocenters. The van der Waals surface area contributed by atoms with E-state index in [9.17, 15) is 18.0 Å². The van der Waals surface area contributed by atoms with Gasteiger partial charge in [0.2, 0.25) is 11.8 Å². The molecule has 2 atom stereocenters. The van der Waals surface area contributed by atoms with E-state index in [0.29, 0.717) is 17.0 Å². The standard InChI is InChI=1S/C23H26N2O6S/c1-30-17-10-8-16(9-11-17)24-32(28,29)21-13-15(7-12-20(21)31-2)14-25-22(26)18-5-3-4-6-19(18)23(25)27/h7-13,18-19,24H,3-6,14H2,1-2H3/t18-,19-/m0/s1. The summed E-state index contributed by atoms with van der Waals surface area (Å²) in [5.74, 6) is -0.0213. The Bertz CT molecular complexity index is 1110. The Morgan fingerprint density at radius 2 is 1.56 bits per heavy atom. The van der Waals surface area contributed by atoms with E-state index >= 15 is 0 Å². The number of nitrogens with zero attached hydrogens (tertiary/aromatic N) is 1. The number of methoxy groups -OCH3 is 2. The highest BCUT2D eigenvalue weighted by molar-refractivity contribution is 7.92. The molecule has 1 aliphatic carbocycles. The molecule has 0 bridgehead atoms. The second-order valence-corrected chi connectivity index (χ2v) is 9.73. The molecule has 4 rings (SSSR count). The van der Waals surface area contributed by atoms with Crippen LogP contribution in [0, 0.1) is 11.8 Å². The number of likely N-dealkylation sites (tertiary alicyclic amines) is 1. The minimum atomic E-state index is -3.98. The van der Waals surface area contributed by atoms with Crippen LogP contribution in [0.2, 0.25) is 0 Å². The van der Waals surface area contributed by atoms with E-state index < -0.39 is 10.0 Å². The Balaban J connectivity index is 1.59. The zero-order valence-corrected chi connectivity index (χ0v) is 18.9. The average molecular weight is 459 g/mol. The van der Waals surface area contributed by atoms with E-state index in [1.54, 1.807) is 30.3 Å². The summed E-state index contributed by atoms with van der Waals surface area (Å²) in [7, 11) is -1.07. The second kappa shape index (κ2) is 8.82. The SMILES string of the molecule is COc1ccc(NS(=O)(=O)c2cc(CN3C(=O)[C@H]4CCCC[C@@H]4C3=O)ccc2OC)cc1. The van der Waals surface area contributed by atoms with Gasteiger partial charge >= 0.3 is 0 Å². The molecule has 9 heteroatoms. The molecule has 1 saturated carbocycles. The summed E-state index contributed by atoms with van der Waals surface area (Å²) in [4.78, 5) is 26.8. The van der Waals surface area contributed by atoms with Crippen molar-refractivity contribution in [2.45, 2.75) is 37.1 Å². The van der Waals surface area contributed by atoms with E-state index in [4.69, 9.17) is 9.47 Å². The molecule has 32 heavy (non-hydrogen) atoms. The highest BCUT2D eigenvalue weighted by Gasteiger charge is 2.47. The van der Waals surface area contributed by atoms with Crippen molar-refractivity contribution in [3.05, 3.63) is 48.0 Å². The maximum atomic E-state index is 13.1. The van der Waals surface area contributed by atoms with Crippen LogP contribution in [0.1, 0.15) is 31.2 Å². The zero-order chi connectivity index (χ0) is 22.9. The van der Waals surface area contributed by atoms with E-state index in [1.165, 1.54) is 31.3 Å². The van der Waals surface area contributed by atoms with Gasteiger partial charge in [0.15, 0.2) is 0 Å². The molecule has 1 heterocycles. The fourth-order valence-electron chi connectivity index (χ4n) is 4.47. The zero-order valence-electron chi connectivity index (χ0n) is 18.0. The van der Waals surface area contributed by atoms with Crippen molar-refractivity contribution >= 4 is 27.5 Å². The van der Waals surface area contributed by atoms with Crippen LogP contribution in [-0.4, -0.2) is 39.4 Å². The predicted molar refractivity (Wildman–Crippen MR) is 118 cm³/mol. The lowest BCUT2D eigenvalue weighted by Gasteiger charge is -2.19. The lowest BCUT2D eigenvalue weighted by Crippen LogP contribution is -2.30. The number of anilines is 1. The Morgan fingerprint density at radius 1 is 0.938 bits per heavy atom. The third kappa shape index (κ3) is 4.17. The van der Waals surface area contributed by atoms with E-state index in [-0.39, 0.29) is 40.8 Å². The Morgan fingerprint density at radius 3 is 2.12 bits per heavy atom. The van der Waals surface area contributed by atoms with Crippen molar-refractivity contribution < 1.29 is 27.5 Å². The van der Waals surface area contributed by atoms with Gasteiger partial charge in [-0.1, -0.05) is 18.9 Å². The minimum Gasteiger partial charge on any atom is -0.497 e. The van der Waals surface area contributed by atoms with Gasteiger partial charge in [0.05, 0.1) is 32.6 Å². The van der Waals surface area contributed by atoms with E-state index in [1.807, 2.05) is 0 Å². The number of sulfonamides is 1. The number of imide groups is 1. The molecule has 0 aromatic heterocycles. The molecule has 1 aliphatic heterocycles. The van der Waals surface area contributed by atoms with Gasteiger partial charge in [-0.25, -0.2) is 8.42 Å². The van der Waals surface area contributed by atoms with Gasteiger partial charge in [-0.2, -0.15) is 0 Å². The molecular weight excluding hydrogens is 432 g/mol. The molecule has 2 amide bonds. The first kappa shape index (κ1) is 22.1. The van der Waals surface area contributed by atoms with Crippen molar-refractivity contribution in [1.82, 2.24) is 4.90 Å². The monoisotopic (exact) mass is 458 g/mol. The number of amides is 2. The molecule has 1 N–H and O–H groups in total. The molecule has 170 valence electrons. The van der Waals surface area contributed by atoms with Gasteiger partial charge in [0, 0.05) is 5.69 Å². The molecular formula is C23H26N2O6S. The maximum absolute atomic E-state index is 13.1. The fraction of sp³-hybridized carbons (Fsp3) is 0.391. The molecule has 2 aromatic carbocycles. The van der Waals surface area contributed by atoms with Gasteiger partial charge < -0.3 is 9.47 Å². The molecule has 2 aliphatic rings. The van der Waals surface area contributed by atoms with Crippen LogP contribution in [0.5, 0.6) is 11.5 Å². The third-order valence-electron chi connectivity index (χ3n) is 6.13. The van der Waals surface area contributed by atoms with Gasteiger partial charge in [-0.05, 0) is 54.8 Å². The van der Waals surface area contributed by atoms with Crippen molar-refractivity contribution in [2.75, 3.05) is 18.9 Å². The first-order valence-corrected chi connectivity index (χ1v) is 12.0. The Hall–Kier alpha value is -3.07. The molecule has 1 saturated heterocycles. The normalized spacial score (nSPS) is 20.8. The highest BCUT2D eigenvalue weighted by atomic mass is 32.2. The smallest absolute Gasteiger partial charge is 0.265 e. The summed E-state index contributed by atoms with van der Waals surface area (Å²) in [5, 5.41) is 0. The summed E-state index contributed by atoms with van der Waals surface area (Å²) in [6.07, 6.45) is 3.38. The summed E-state index contributed by atoms with van der Waals surface area (Å²) < 4.78 is 39.1. The number of hydrogen-bond acceptors (Lipinski definition) is 6. The lowest BCUT2D eigenvalue weighted by molar-refractivity contribution is -0.140. The number of rotatable bonds is 7. The van der Waals surface area contributed by atoms with Crippen LogP contribution in [-0.2, 0) is 26.2 Å². The molecule has 2 fully saturated rings. The van der Waals surface area contributed by atoms with Crippen LogP contribution in [0.4, 0.5) is 5.69 Å². The third-order valence-corrected chi connectivity index (χ3v) is 7.54. The highest BCUT2D eigenvalue weighted by Crippen LogP contribution is 2.39. The lowest BCUT2D eigenvalue weighted by atomic mass is 9.81. The van der Waals surface area contributed by atoms with Crippen LogP contribution < -0.4 is 14.2 Å². The molecule has 8 nitrogen and oxygen atoms in total. The maximum Gasteiger partial charge on any atom is 0.265 e. The van der Waals surface area contributed by atoms with Crippen molar-refractivity contribution in [1.29, 1.82) is 0 Å². The topological polar surface area (TPSA) is 102 Å². The van der Waals surface area contributed by atoms with Crippen LogP contribution in [0.3, 0.4) is 0 Å². The number of hydrogen-bond donors (Lipinski definition) is 1. The minimum absolute atomic E-state index is 0.0414. The van der Waals surface area contributed by atoms with Crippen LogP contribution in [0.25, 0.3) is 0 Å². The molecule has 2 aromatic rings. The van der Waals surface area contributed by atoms with E-state index in [2.05, 4.69) is 4.72 Å². The number of ether oxygens (including phenoxy) is 2. The van der Waals surface area contributed by atoms with Gasteiger partial charge in [-0.15, -0.1) is 0 Å². The van der Waals surface area contributed by atoms with Gasteiger partial charge in [-0.3, -0.25) is 19.2 Å². The summed E-state index contributed by atoms with van der Waals surface area (Å²) in [5.41, 5.74) is 0.911. The Kier molecular flexibility index (Phi) is 6.10. The number of carbonyl (C=O) groups excluding carboxylic acids is 2. The van der Waals surface area contributed by atoms with Crippen LogP contribution >= 0.6 is 0 Å². The number of benzene rings is 2. The van der Waals surface area contributed by atoms with Crippen molar-refractivity contribution in [3.63, 3.8) is 0 Å². The first-order chi connectivity index (χ1) is 15.3. The Labute approximate surface area is 187 Å².